The van der Waals surface area contributed by atoms with Crippen LogP contribution in [0.4, 0.5) is 5.82 Å². The summed E-state index contributed by atoms with van der Waals surface area (Å²) in [7, 11) is 4.07. The standard InChI is InChI=1S/C21H22N4OS2.C6H9NO2/c1-13-17-19(22)23-20(16-5-4-12-27-16)24-21(17)28-18(13)14-6-8-15(9-7-14)26-11-10-25(2)3;1-5(2)3-6(9)7-4-8/h4-9,12H,10-11H2,1-3H3,(H2,22,23,24);3-4H,1-2H3,(H,7,8,9). The second-order valence-corrected chi connectivity index (χ2v) is 10.6. The van der Waals surface area contributed by atoms with E-state index in [1.165, 1.54) is 11.0 Å². The molecule has 0 saturated heterocycles. The number of fused-ring (bicyclic) bond motifs is 1. The number of anilines is 1. The normalized spacial score (nSPS) is 10.5. The minimum atomic E-state index is -0.370. The molecule has 0 atom stereocenters. The zero-order valence-electron chi connectivity index (χ0n) is 21.6. The van der Waals surface area contributed by atoms with E-state index in [4.69, 9.17) is 15.5 Å². The number of benzene rings is 1. The smallest absolute Gasteiger partial charge is 0.250 e. The van der Waals surface area contributed by atoms with E-state index < -0.39 is 0 Å². The minimum absolute atomic E-state index is 0.363. The third-order valence-corrected chi connectivity index (χ3v) is 7.20. The molecule has 3 heterocycles. The lowest BCUT2D eigenvalue weighted by Gasteiger charge is -2.11. The van der Waals surface area contributed by atoms with Crippen molar-refractivity contribution in [3.05, 3.63) is 59.0 Å². The van der Waals surface area contributed by atoms with Crippen LogP contribution in [0.3, 0.4) is 0 Å². The van der Waals surface area contributed by atoms with Gasteiger partial charge in [0.15, 0.2) is 5.82 Å². The number of aromatic nitrogens is 2. The number of nitrogens with one attached hydrogen (secondary N) is 1. The summed E-state index contributed by atoms with van der Waals surface area (Å²) in [5, 5.41) is 4.95. The lowest BCUT2D eigenvalue weighted by Crippen LogP contribution is -2.19. The first kappa shape index (κ1) is 28.0. The van der Waals surface area contributed by atoms with E-state index >= 15 is 0 Å². The molecule has 3 aromatic heterocycles. The van der Waals surface area contributed by atoms with Crippen molar-refractivity contribution in [1.82, 2.24) is 20.2 Å². The van der Waals surface area contributed by atoms with Crippen LogP contribution < -0.4 is 15.8 Å². The zero-order valence-corrected chi connectivity index (χ0v) is 23.2. The maximum absolute atomic E-state index is 10.4. The van der Waals surface area contributed by atoms with Crippen LogP contribution in [0, 0.1) is 6.92 Å². The highest BCUT2D eigenvalue weighted by molar-refractivity contribution is 7.22. The molecule has 0 aliphatic heterocycles. The number of carbonyl (C=O) groups is 2. The molecule has 4 rings (SSSR count). The van der Waals surface area contributed by atoms with E-state index in [0.717, 1.165) is 44.1 Å². The summed E-state index contributed by atoms with van der Waals surface area (Å²) in [4.78, 5) is 34.6. The van der Waals surface area contributed by atoms with Crippen LogP contribution in [-0.4, -0.2) is 54.4 Å². The number of nitrogens with two attached hydrogens (primary N) is 1. The van der Waals surface area contributed by atoms with Gasteiger partial charge < -0.3 is 15.4 Å². The number of allylic oxidation sites excluding steroid dienone is 1. The van der Waals surface area contributed by atoms with Gasteiger partial charge in [0.25, 0.3) is 0 Å². The van der Waals surface area contributed by atoms with Gasteiger partial charge >= 0.3 is 0 Å². The molecular weight excluding hydrogens is 506 g/mol. The highest BCUT2D eigenvalue weighted by atomic mass is 32.1. The molecule has 3 N–H and O–H groups in total. The van der Waals surface area contributed by atoms with Crippen LogP contribution >= 0.6 is 22.7 Å². The largest absolute Gasteiger partial charge is 0.492 e. The molecule has 0 fully saturated rings. The van der Waals surface area contributed by atoms with Gasteiger partial charge in [0.1, 0.15) is 23.0 Å². The number of thiophene rings is 2. The van der Waals surface area contributed by atoms with Crippen LogP contribution in [0.5, 0.6) is 5.75 Å². The second-order valence-electron chi connectivity index (χ2n) is 8.67. The van der Waals surface area contributed by atoms with Gasteiger partial charge in [-0.15, -0.1) is 22.7 Å². The van der Waals surface area contributed by atoms with E-state index in [-0.39, 0.29) is 5.91 Å². The van der Waals surface area contributed by atoms with Gasteiger partial charge in [-0.25, -0.2) is 9.97 Å². The highest BCUT2D eigenvalue weighted by Crippen LogP contribution is 2.40. The third-order valence-electron chi connectivity index (χ3n) is 5.10. The molecule has 194 valence electrons. The molecule has 8 nitrogen and oxygen atoms in total. The number of amides is 2. The summed E-state index contributed by atoms with van der Waals surface area (Å²) in [6, 6.07) is 12.2. The molecule has 37 heavy (non-hydrogen) atoms. The number of rotatable bonds is 8. The Balaban J connectivity index is 0.000000364. The number of ether oxygens (including phenoxy) is 1. The minimum Gasteiger partial charge on any atom is -0.492 e. The number of likely N-dealkylation sites (N-methyl/N-ethyl adjacent to an activating group) is 1. The van der Waals surface area contributed by atoms with Crippen LogP contribution in [0.25, 0.3) is 31.4 Å². The third kappa shape index (κ3) is 7.69. The van der Waals surface area contributed by atoms with Gasteiger partial charge in [-0.2, -0.15) is 0 Å². The summed E-state index contributed by atoms with van der Waals surface area (Å²) in [5.41, 5.74) is 9.42. The van der Waals surface area contributed by atoms with Gasteiger partial charge in [0.2, 0.25) is 12.3 Å². The summed E-state index contributed by atoms with van der Waals surface area (Å²) in [6.45, 7) is 7.21. The van der Waals surface area contributed by atoms with Crippen LogP contribution in [-0.2, 0) is 9.59 Å². The molecule has 1 aromatic carbocycles. The molecular formula is C27H31N5O3S2. The molecule has 2 amide bonds. The first-order chi connectivity index (χ1) is 17.7. The predicted molar refractivity (Wildman–Crippen MR) is 153 cm³/mol. The van der Waals surface area contributed by atoms with Crippen molar-refractivity contribution in [3.63, 3.8) is 0 Å². The van der Waals surface area contributed by atoms with Crippen LogP contribution in [0.2, 0.25) is 0 Å². The number of hydrogen-bond donors (Lipinski definition) is 2. The number of hydrogen-bond acceptors (Lipinski definition) is 9. The maximum Gasteiger partial charge on any atom is 0.250 e. The van der Waals surface area contributed by atoms with Crippen LogP contribution in [0.15, 0.2) is 53.4 Å². The second kappa shape index (κ2) is 13.1. The first-order valence-corrected chi connectivity index (χ1v) is 13.3. The predicted octanol–water partition coefficient (Wildman–Crippen LogP) is 5.14. The summed E-state index contributed by atoms with van der Waals surface area (Å²) in [6.07, 6.45) is 1.72. The van der Waals surface area contributed by atoms with Gasteiger partial charge in [0.05, 0.1) is 10.3 Å². The lowest BCUT2D eigenvalue weighted by atomic mass is 10.1. The Labute approximate surface area is 224 Å². The topological polar surface area (TPSA) is 110 Å². The number of imide groups is 1. The Kier molecular flexibility index (Phi) is 9.90. The summed E-state index contributed by atoms with van der Waals surface area (Å²) < 4.78 is 5.79. The summed E-state index contributed by atoms with van der Waals surface area (Å²) in [5.74, 6) is 1.74. The fraction of sp³-hybridized carbons (Fsp3) is 0.259. The van der Waals surface area contributed by atoms with E-state index in [9.17, 15) is 9.59 Å². The maximum atomic E-state index is 10.4. The molecule has 4 aromatic rings. The lowest BCUT2D eigenvalue weighted by molar-refractivity contribution is -0.121. The molecule has 0 aliphatic rings. The van der Waals surface area contributed by atoms with Crippen molar-refractivity contribution in [2.45, 2.75) is 20.8 Å². The van der Waals surface area contributed by atoms with Crippen molar-refractivity contribution < 1.29 is 14.3 Å². The molecule has 0 spiro atoms. The Hall–Kier alpha value is -3.60. The van der Waals surface area contributed by atoms with Gasteiger partial charge in [0, 0.05) is 17.5 Å². The van der Waals surface area contributed by atoms with Crippen molar-refractivity contribution >= 4 is 51.0 Å². The monoisotopic (exact) mass is 537 g/mol. The van der Waals surface area contributed by atoms with Crippen molar-refractivity contribution in [2.75, 3.05) is 33.0 Å². The molecule has 0 radical (unpaired) electrons. The van der Waals surface area contributed by atoms with Crippen molar-refractivity contribution in [2.24, 2.45) is 0 Å². The van der Waals surface area contributed by atoms with E-state index in [1.807, 2.05) is 49.1 Å². The van der Waals surface area contributed by atoms with E-state index in [1.54, 1.807) is 36.5 Å². The number of nitrogen functional groups attached to an aromatic ring is 1. The molecule has 0 bridgehead atoms. The molecule has 0 saturated carbocycles. The average molecular weight is 538 g/mol. The Morgan fingerprint density at radius 2 is 1.89 bits per heavy atom. The van der Waals surface area contributed by atoms with E-state index in [2.05, 4.69) is 28.9 Å². The fourth-order valence-electron chi connectivity index (χ4n) is 3.37. The summed E-state index contributed by atoms with van der Waals surface area (Å²) >= 11 is 3.27. The Morgan fingerprint density at radius 1 is 1.16 bits per heavy atom. The van der Waals surface area contributed by atoms with Crippen molar-refractivity contribution in [3.8, 4) is 26.9 Å². The molecule has 10 heteroatoms. The quantitative estimate of drug-likeness (QED) is 0.236. The average Bonchev–Trinajstić information content (AvgIpc) is 3.48. The first-order valence-electron chi connectivity index (χ1n) is 11.6. The molecule has 0 unspecified atom stereocenters. The Morgan fingerprint density at radius 3 is 2.49 bits per heavy atom. The fourth-order valence-corrected chi connectivity index (χ4v) is 5.22. The van der Waals surface area contributed by atoms with Crippen LogP contribution in [0.1, 0.15) is 19.4 Å². The number of nitrogens with zero attached hydrogens (tertiary/aromatic N) is 3. The van der Waals surface area contributed by atoms with Gasteiger partial charge in [-0.3, -0.25) is 14.9 Å². The van der Waals surface area contributed by atoms with Gasteiger partial charge in [-0.05, 0) is 81.7 Å². The van der Waals surface area contributed by atoms with Crippen molar-refractivity contribution in [1.29, 1.82) is 0 Å². The molecule has 0 aliphatic carbocycles. The Bertz CT molecular complexity index is 1370. The van der Waals surface area contributed by atoms with E-state index in [0.29, 0.717) is 24.7 Å². The SMILES string of the molecule is CC(C)=CC(=O)NC=O.Cc1c(-c2ccc(OCCN(C)C)cc2)sc2nc(-c3cccs3)nc(N)c12. The number of aryl methyl sites for hydroxylation is 1. The zero-order chi connectivity index (χ0) is 26.9. The number of carbonyl (C=O) groups excluding carboxylic acids is 2. The van der Waals surface area contributed by atoms with Gasteiger partial charge in [-0.1, -0.05) is 11.6 Å². The highest BCUT2D eigenvalue weighted by Gasteiger charge is 2.17.